The van der Waals surface area contributed by atoms with Gasteiger partial charge in [-0.2, -0.15) is 0 Å². The van der Waals surface area contributed by atoms with Crippen LogP contribution in [0.15, 0.2) is 0 Å². The van der Waals surface area contributed by atoms with E-state index in [1.165, 1.54) is 32.1 Å². The van der Waals surface area contributed by atoms with E-state index in [1.54, 1.807) is 0 Å². The zero-order valence-electron chi connectivity index (χ0n) is 16.9. The van der Waals surface area contributed by atoms with E-state index in [4.69, 9.17) is 0 Å². The van der Waals surface area contributed by atoms with Crippen LogP contribution in [0.4, 0.5) is 0 Å². The lowest BCUT2D eigenvalue weighted by molar-refractivity contribution is 0.0718. The lowest BCUT2D eigenvalue weighted by Gasteiger charge is -2.48. The second-order valence-electron chi connectivity index (χ2n) is 9.02. The predicted molar refractivity (Wildman–Crippen MR) is 100 cm³/mol. The zero-order valence-corrected chi connectivity index (χ0v) is 16.9. The Kier molecular flexibility index (Phi) is 6.99. The minimum Gasteiger partial charge on any atom is -0.313 e. The molecule has 0 aromatic carbocycles. The average Bonchev–Trinajstić information content (AvgIpc) is 2.73. The molecule has 1 aliphatic rings. The van der Waals surface area contributed by atoms with E-state index in [0.717, 1.165) is 29.6 Å². The first-order chi connectivity index (χ1) is 10.2. The molecule has 1 rings (SSSR count). The quantitative estimate of drug-likeness (QED) is 0.596. The van der Waals surface area contributed by atoms with Gasteiger partial charge in [-0.25, -0.2) is 0 Å². The fourth-order valence-corrected chi connectivity index (χ4v) is 6.47. The Morgan fingerprint density at radius 2 is 1.27 bits per heavy atom. The van der Waals surface area contributed by atoms with E-state index < -0.39 is 0 Å². The molecule has 0 aliphatic heterocycles. The molecule has 0 aromatic rings. The van der Waals surface area contributed by atoms with Crippen molar-refractivity contribution >= 4 is 0 Å². The molecule has 0 heterocycles. The molecule has 1 heteroatoms. The van der Waals surface area contributed by atoms with Gasteiger partial charge in [0.25, 0.3) is 0 Å². The van der Waals surface area contributed by atoms with E-state index in [-0.39, 0.29) is 0 Å². The molecular weight excluding hydrogens is 266 g/mol. The van der Waals surface area contributed by atoms with Gasteiger partial charge >= 0.3 is 0 Å². The molecular formula is C21H43N. The monoisotopic (exact) mass is 309 g/mol. The minimum atomic E-state index is 0.331. The van der Waals surface area contributed by atoms with E-state index in [1.807, 2.05) is 0 Å². The van der Waals surface area contributed by atoms with Crippen molar-refractivity contribution < 1.29 is 0 Å². The second kappa shape index (κ2) is 7.69. The van der Waals surface area contributed by atoms with E-state index >= 15 is 0 Å². The molecule has 5 atom stereocenters. The number of nitrogens with one attached hydrogen (secondary N) is 1. The lowest BCUT2D eigenvalue weighted by Crippen LogP contribution is -2.57. The van der Waals surface area contributed by atoms with Crippen molar-refractivity contribution in [2.75, 3.05) is 7.05 Å². The van der Waals surface area contributed by atoms with E-state index in [0.29, 0.717) is 11.0 Å². The third-order valence-corrected chi connectivity index (χ3v) is 6.80. The summed E-state index contributed by atoms with van der Waals surface area (Å²) in [6, 6.07) is 0. The summed E-state index contributed by atoms with van der Waals surface area (Å²) in [6.45, 7) is 19.4. The molecule has 0 aromatic heterocycles. The van der Waals surface area contributed by atoms with Crippen molar-refractivity contribution in [3.8, 4) is 0 Å². The molecule has 0 spiro atoms. The van der Waals surface area contributed by atoms with Crippen LogP contribution in [0, 0.1) is 35.0 Å². The Labute approximate surface area is 141 Å². The van der Waals surface area contributed by atoms with Crippen molar-refractivity contribution in [3.05, 3.63) is 0 Å². The topological polar surface area (TPSA) is 12.0 Å². The maximum atomic E-state index is 3.93. The Morgan fingerprint density at radius 3 is 1.50 bits per heavy atom. The summed E-state index contributed by atoms with van der Waals surface area (Å²) >= 11 is 0. The SMILES string of the molecule is CCC1C(CC)C(CC)C(NC)(C(C)CC(C)(C)C)C1CC. The summed E-state index contributed by atoms with van der Waals surface area (Å²) in [4.78, 5) is 0. The number of hydrogen-bond acceptors (Lipinski definition) is 1. The summed E-state index contributed by atoms with van der Waals surface area (Å²) in [5.41, 5.74) is 0.740. The molecule has 0 bridgehead atoms. The van der Waals surface area contributed by atoms with Gasteiger partial charge in [0.15, 0.2) is 0 Å². The first kappa shape index (κ1) is 20.0. The number of hydrogen-bond donors (Lipinski definition) is 1. The van der Waals surface area contributed by atoms with Crippen molar-refractivity contribution in [3.63, 3.8) is 0 Å². The Balaban J connectivity index is 3.31. The fourth-order valence-electron chi connectivity index (χ4n) is 6.47. The third-order valence-electron chi connectivity index (χ3n) is 6.80. The average molecular weight is 310 g/mol. The Hall–Kier alpha value is -0.0400. The van der Waals surface area contributed by atoms with E-state index in [9.17, 15) is 0 Å². The summed E-state index contributed by atoms with van der Waals surface area (Å²) in [5, 5.41) is 3.93. The molecule has 1 aliphatic carbocycles. The molecule has 0 amide bonds. The van der Waals surface area contributed by atoms with Gasteiger partial charge in [-0.05, 0) is 48.5 Å². The molecule has 0 saturated heterocycles. The highest BCUT2D eigenvalue weighted by atomic mass is 15.0. The largest absolute Gasteiger partial charge is 0.313 e. The minimum absolute atomic E-state index is 0.331. The maximum Gasteiger partial charge on any atom is 0.0265 e. The molecule has 1 N–H and O–H groups in total. The van der Waals surface area contributed by atoms with Crippen molar-refractivity contribution in [1.29, 1.82) is 0 Å². The Bertz CT molecular complexity index is 309. The van der Waals surface area contributed by atoms with Crippen LogP contribution in [0.5, 0.6) is 0 Å². The molecule has 5 unspecified atom stereocenters. The van der Waals surface area contributed by atoms with Crippen LogP contribution in [0.3, 0.4) is 0 Å². The Morgan fingerprint density at radius 1 is 0.864 bits per heavy atom. The van der Waals surface area contributed by atoms with Crippen LogP contribution in [-0.2, 0) is 0 Å². The van der Waals surface area contributed by atoms with Crippen LogP contribution >= 0.6 is 0 Å². The van der Waals surface area contributed by atoms with E-state index in [2.05, 4.69) is 67.8 Å². The highest BCUT2D eigenvalue weighted by Crippen LogP contribution is 2.57. The lowest BCUT2D eigenvalue weighted by atomic mass is 9.64. The second-order valence-corrected chi connectivity index (χ2v) is 9.02. The van der Waals surface area contributed by atoms with Gasteiger partial charge in [0.05, 0.1) is 0 Å². The van der Waals surface area contributed by atoms with Crippen LogP contribution in [0.2, 0.25) is 0 Å². The summed E-state index contributed by atoms with van der Waals surface area (Å²) < 4.78 is 0. The van der Waals surface area contributed by atoms with Crippen LogP contribution in [0.1, 0.15) is 87.5 Å². The molecule has 132 valence electrons. The molecule has 1 saturated carbocycles. The van der Waals surface area contributed by atoms with Crippen molar-refractivity contribution in [2.45, 2.75) is 93.0 Å². The predicted octanol–water partition coefficient (Wildman–Crippen LogP) is 6.14. The van der Waals surface area contributed by atoms with Crippen molar-refractivity contribution in [1.82, 2.24) is 5.32 Å². The van der Waals surface area contributed by atoms with Crippen LogP contribution in [-0.4, -0.2) is 12.6 Å². The molecule has 22 heavy (non-hydrogen) atoms. The number of rotatable bonds is 7. The zero-order chi connectivity index (χ0) is 17.1. The highest BCUT2D eigenvalue weighted by Gasteiger charge is 2.58. The van der Waals surface area contributed by atoms with Gasteiger partial charge in [0, 0.05) is 5.54 Å². The fraction of sp³-hybridized carbons (Fsp3) is 1.00. The van der Waals surface area contributed by atoms with Gasteiger partial charge in [-0.1, -0.05) is 81.1 Å². The first-order valence-electron chi connectivity index (χ1n) is 9.92. The summed E-state index contributed by atoms with van der Waals surface area (Å²) in [7, 11) is 2.25. The smallest absolute Gasteiger partial charge is 0.0265 e. The van der Waals surface area contributed by atoms with Gasteiger partial charge in [0.2, 0.25) is 0 Å². The van der Waals surface area contributed by atoms with Gasteiger partial charge < -0.3 is 5.32 Å². The van der Waals surface area contributed by atoms with Crippen LogP contribution in [0.25, 0.3) is 0 Å². The van der Waals surface area contributed by atoms with Crippen LogP contribution < -0.4 is 5.32 Å². The van der Waals surface area contributed by atoms with Crippen molar-refractivity contribution in [2.24, 2.45) is 35.0 Å². The maximum absolute atomic E-state index is 3.93. The normalized spacial score (nSPS) is 37.5. The van der Waals surface area contributed by atoms with Gasteiger partial charge in [0.1, 0.15) is 0 Å². The molecule has 0 radical (unpaired) electrons. The van der Waals surface area contributed by atoms with Gasteiger partial charge in [-0.3, -0.25) is 0 Å². The summed E-state index contributed by atoms with van der Waals surface area (Å²) in [5.74, 6) is 4.19. The standard InChI is InChI=1S/C21H43N/c1-10-16-17(11-2)19(13-4)21(22-9,18(16)12-3)15(5)14-20(6,7)8/h15-19,22H,10-14H2,1-9H3. The third kappa shape index (κ3) is 3.40. The first-order valence-corrected chi connectivity index (χ1v) is 9.92. The molecule has 1 nitrogen and oxygen atoms in total. The molecule has 1 fully saturated rings. The highest BCUT2D eigenvalue weighted by molar-refractivity contribution is 5.12. The van der Waals surface area contributed by atoms with Gasteiger partial charge in [-0.15, -0.1) is 0 Å². The summed E-state index contributed by atoms with van der Waals surface area (Å²) in [6.07, 6.45) is 6.65.